The molecular weight excluding hydrogens is 244 g/mol. The summed E-state index contributed by atoms with van der Waals surface area (Å²) in [6, 6.07) is 9.27. The van der Waals surface area contributed by atoms with Gasteiger partial charge >= 0.3 is 6.09 Å². The molecule has 5 nitrogen and oxygen atoms in total. The molecule has 1 fully saturated rings. The second-order valence-electron chi connectivity index (χ2n) is 4.52. The molecule has 0 spiro atoms. The lowest BCUT2D eigenvalue weighted by Gasteiger charge is -2.33. The van der Waals surface area contributed by atoms with Crippen LogP contribution in [0.25, 0.3) is 0 Å². The lowest BCUT2D eigenvalue weighted by molar-refractivity contribution is 0.0790. The number of ketones is 1. The molecule has 19 heavy (non-hydrogen) atoms. The third-order valence-corrected chi connectivity index (χ3v) is 3.27. The number of piperazine rings is 1. The lowest BCUT2D eigenvalue weighted by atomic mass is 10.1. The van der Waals surface area contributed by atoms with Crippen molar-refractivity contribution in [3.05, 3.63) is 35.9 Å². The van der Waals surface area contributed by atoms with Crippen molar-refractivity contribution in [3.63, 3.8) is 0 Å². The van der Waals surface area contributed by atoms with E-state index in [2.05, 4.69) is 9.64 Å². The van der Waals surface area contributed by atoms with Crippen LogP contribution in [0.5, 0.6) is 0 Å². The van der Waals surface area contributed by atoms with Crippen LogP contribution in [-0.4, -0.2) is 61.5 Å². The van der Waals surface area contributed by atoms with E-state index in [1.54, 1.807) is 4.90 Å². The van der Waals surface area contributed by atoms with Crippen molar-refractivity contribution >= 4 is 11.9 Å². The average molecular weight is 262 g/mol. The number of benzene rings is 1. The van der Waals surface area contributed by atoms with Crippen LogP contribution in [0.3, 0.4) is 0 Å². The van der Waals surface area contributed by atoms with Crippen molar-refractivity contribution < 1.29 is 14.3 Å². The standard InChI is InChI=1S/C14H18N2O3/c1-19-14(18)16-9-7-15(8-10-16)11-13(17)12-5-3-2-4-6-12/h2-6H,7-11H2,1H3. The molecule has 102 valence electrons. The van der Waals surface area contributed by atoms with Gasteiger partial charge in [-0.25, -0.2) is 4.79 Å². The van der Waals surface area contributed by atoms with Crippen molar-refractivity contribution in [2.45, 2.75) is 0 Å². The van der Waals surface area contributed by atoms with Crippen molar-refractivity contribution in [1.29, 1.82) is 0 Å². The van der Waals surface area contributed by atoms with Gasteiger partial charge in [0.05, 0.1) is 13.7 Å². The maximum atomic E-state index is 12.0. The minimum atomic E-state index is -0.297. The highest BCUT2D eigenvalue weighted by molar-refractivity contribution is 5.97. The number of nitrogens with zero attached hydrogens (tertiary/aromatic N) is 2. The smallest absolute Gasteiger partial charge is 0.409 e. The number of methoxy groups -OCH3 is 1. The summed E-state index contributed by atoms with van der Waals surface area (Å²) in [5, 5.41) is 0. The van der Waals surface area contributed by atoms with E-state index in [-0.39, 0.29) is 11.9 Å². The van der Waals surface area contributed by atoms with Crippen LogP contribution in [0.2, 0.25) is 0 Å². The Balaban J connectivity index is 1.83. The molecule has 0 radical (unpaired) electrons. The molecular formula is C14H18N2O3. The Kier molecular flexibility index (Phi) is 4.52. The SMILES string of the molecule is COC(=O)N1CCN(CC(=O)c2ccccc2)CC1. The number of hydrogen-bond acceptors (Lipinski definition) is 4. The molecule has 2 rings (SSSR count). The van der Waals surface area contributed by atoms with E-state index in [1.807, 2.05) is 30.3 Å². The van der Waals surface area contributed by atoms with Gasteiger partial charge in [0.2, 0.25) is 0 Å². The Morgan fingerprint density at radius 1 is 1.11 bits per heavy atom. The van der Waals surface area contributed by atoms with E-state index in [1.165, 1.54) is 7.11 Å². The Hall–Kier alpha value is -1.88. The minimum Gasteiger partial charge on any atom is -0.453 e. The monoisotopic (exact) mass is 262 g/mol. The molecule has 5 heteroatoms. The number of amides is 1. The fraction of sp³-hybridized carbons (Fsp3) is 0.429. The number of rotatable bonds is 3. The van der Waals surface area contributed by atoms with E-state index in [4.69, 9.17) is 0 Å². The molecule has 1 saturated heterocycles. The van der Waals surface area contributed by atoms with Gasteiger partial charge < -0.3 is 9.64 Å². The molecule has 0 aromatic heterocycles. The third-order valence-electron chi connectivity index (χ3n) is 3.27. The van der Waals surface area contributed by atoms with Gasteiger partial charge in [-0.3, -0.25) is 9.69 Å². The third kappa shape index (κ3) is 3.54. The highest BCUT2D eigenvalue weighted by atomic mass is 16.5. The molecule has 0 atom stereocenters. The number of carbonyl (C=O) groups is 2. The second-order valence-corrected chi connectivity index (χ2v) is 4.52. The largest absolute Gasteiger partial charge is 0.453 e. The van der Waals surface area contributed by atoms with Gasteiger partial charge in [-0.15, -0.1) is 0 Å². The van der Waals surface area contributed by atoms with Gasteiger partial charge in [0.1, 0.15) is 0 Å². The van der Waals surface area contributed by atoms with Crippen molar-refractivity contribution in [1.82, 2.24) is 9.80 Å². The van der Waals surface area contributed by atoms with Crippen LogP contribution in [-0.2, 0) is 4.74 Å². The summed E-state index contributed by atoms with van der Waals surface area (Å²) in [5.41, 5.74) is 0.734. The fourth-order valence-corrected chi connectivity index (χ4v) is 2.14. The summed E-state index contributed by atoms with van der Waals surface area (Å²) in [7, 11) is 1.38. The average Bonchev–Trinajstić information content (AvgIpc) is 2.48. The summed E-state index contributed by atoms with van der Waals surface area (Å²) in [6.07, 6.45) is -0.297. The van der Waals surface area contributed by atoms with Gasteiger partial charge in [0.25, 0.3) is 0 Å². The summed E-state index contributed by atoms with van der Waals surface area (Å²) in [4.78, 5) is 27.1. The molecule has 0 saturated carbocycles. The van der Waals surface area contributed by atoms with E-state index in [9.17, 15) is 9.59 Å². The summed E-state index contributed by atoms with van der Waals surface area (Å²) in [5.74, 6) is 0.118. The van der Waals surface area contributed by atoms with E-state index in [0.717, 1.165) is 5.56 Å². The van der Waals surface area contributed by atoms with E-state index < -0.39 is 0 Å². The first-order valence-corrected chi connectivity index (χ1v) is 6.34. The fourth-order valence-electron chi connectivity index (χ4n) is 2.14. The summed E-state index contributed by atoms with van der Waals surface area (Å²) < 4.78 is 4.68. The van der Waals surface area contributed by atoms with Gasteiger partial charge in [-0.05, 0) is 0 Å². The van der Waals surface area contributed by atoms with Crippen molar-refractivity contribution in [3.8, 4) is 0 Å². The van der Waals surface area contributed by atoms with Crippen LogP contribution in [0, 0.1) is 0 Å². The molecule has 1 aliphatic rings. The lowest BCUT2D eigenvalue weighted by Crippen LogP contribution is -2.49. The molecule has 1 amide bonds. The van der Waals surface area contributed by atoms with Gasteiger partial charge in [-0.2, -0.15) is 0 Å². The second kappa shape index (κ2) is 6.33. The normalized spacial score (nSPS) is 16.2. The topological polar surface area (TPSA) is 49.9 Å². The van der Waals surface area contributed by atoms with Gasteiger partial charge in [0.15, 0.2) is 5.78 Å². The zero-order valence-electron chi connectivity index (χ0n) is 11.0. The Morgan fingerprint density at radius 2 is 1.74 bits per heavy atom. The highest BCUT2D eigenvalue weighted by Crippen LogP contribution is 2.06. The molecule has 0 N–H and O–H groups in total. The first-order valence-electron chi connectivity index (χ1n) is 6.34. The molecule has 1 aliphatic heterocycles. The van der Waals surface area contributed by atoms with Crippen LogP contribution < -0.4 is 0 Å². The van der Waals surface area contributed by atoms with Crippen LogP contribution in [0.4, 0.5) is 4.79 Å². The molecule has 1 aromatic carbocycles. The molecule has 1 aromatic rings. The minimum absolute atomic E-state index is 0.118. The van der Waals surface area contributed by atoms with Crippen LogP contribution >= 0.6 is 0 Å². The number of carbonyl (C=O) groups excluding carboxylic acids is 2. The predicted molar refractivity (Wildman–Crippen MR) is 71.2 cm³/mol. The molecule has 0 aliphatic carbocycles. The molecule has 0 bridgehead atoms. The zero-order chi connectivity index (χ0) is 13.7. The number of hydrogen-bond donors (Lipinski definition) is 0. The zero-order valence-corrected chi connectivity index (χ0v) is 11.0. The van der Waals surface area contributed by atoms with Crippen molar-refractivity contribution in [2.24, 2.45) is 0 Å². The Morgan fingerprint density at radius 3 is 2.32 bits per heavy atom. The number of Topliss-reactive ketones (excluding diaryl/α,β-unsaturated/α-hetero) is 1. The Bertz CT molecular complexity index is 439. The van der Waals surface area contributed by atoms with E-state index in [0.29, 0.717) is 32.7 Å². The highest BCUT2D eigenvalue weighted by Gasteiger charge is 2.22. The first kappa shape index (κ1) is 13.5. The van der Waals surface area contributed by atoms with Crippen LogP contribution in [0.1, 0.15) is 10.4 Å². The van der Waals surface area contributed by atoms with Gasteiger partial charge in [0, 0.05) is 31.7 Å². The quantitative estimate of drug-likeness (QED) is 0.769. The summed E-state index contributed by atoms with van der Waals surface area (Å²) >= 11 is 0. The van der Waals surface area contributed by atoms with Crippen molar-refractivity contribution in [2.75, 3.05) is 39.8 Å². The maximum Gasteiger partial charge on any atom is 0.409 e. The molecule has 1 heterocycles. The maximum absolute atomic E-state index is 12.0. The number of ether oxygens (including phenoxy) is 1. The Labute approximate surface area is 112 Å². The molecule has 0 unspecified atom stereocenters. The van der Waals surface area contributed by atoms with Crippen LogP contribution in [0.15, 0.2) is 30.3 Å². The van der Waals surface area contributed by atoms with E-state index >= 15 is 0 Å². The van der Waals surface area contributed by atoms with Gasteiger partial charge in [-0.1, -0.05) is 30.3 Å². The summed E-state index contributed by atoms with van der Waals surface area (Å²) in [6.45, 7) is 3.02. The first-order chi connectivity index (χ1) is 9.20. The predicted octanol–water partition coefficient (Wildman–Crippen LogP) is 1.25.